The molecule has 2 amide bonds. The smallest absolute Gasteiger partial charge is 0.229 e. The van der Waals surface area contributed by atoms with Gasteiger partial charge in [0.1, 0.15) is 10.0 Å². The quantitative estimate of drug-likeness (QED) is 0.163. The van der Waals surface area contributed by atoms with Gasteiger partial charge in [0.05, 0.1) is 18.6 Å². The van der Waals surface area contributed by atoms with Crippen LogP contribution in [0.15, 0.2) is 60.7 Å². The summed E-state index contributed by atoms with van der Waals surface area (Å²) in [6.45, 7) is 0. The second-order valence-electron chi connectivity index (χ2n) is 8.90. The number of aromatic nitrogens is 4. The Morgan fingerprint density at radius 2 is 1.18 bits per heavy atom. The fourth-order valence-electron chi connectivity index (χ4n) is 3.79. The summed E-state index contributed by atoms with van der Waals surface area (Å²) in [6, 6.07) is 18.3. The first-order valence-corrected chi connectivity index (χ1v) is 14.3. The SMILES string of the molecule is O=C(CC[C@@H](O)c1ccccc1)Nc1nnc(CCCCc2nnc(NC(=O)C[C@@H](O)c3ccccc3)s2)s1. The largest absolute Gasteiger partial charge is 0.388 e. The number of unbranched alkanes of at least 4 members (excludes halogenated alkanes) is 1. The number of hydrogen-bond donors (Lipinski definition) is 4. The Morgan fingerprint density at radius 1 is 0.692 bits per heavy atom. The molecule has 10 nitrogen and oxygen atoms in total. The molecule has 0 aliphatic heterocycles. The van der Waals surface area contributed by atoms with Crippen molar-refractivity contribution in [2.75, 3.05) is 10.6 Å². The Labute approximate surface area is 234 Å². The van der Waals surface area contributed by atoms with Crippen molar-refractivity contribution in [1.29, 1.82) is 0 Å². The number of aliphatic hydroxyl groups excluding tert-OH is 2. The third kappa shape index (κ3) is 9.29. The van der Waals surface area contributed by atoms with Crippen LogP contribution in [0.3, 0.4) is 0 Å². The number of carbonyl (C=O) groups excluding carboxylic acids is 2. The molecule has 0 fully saturated rings. The third-order valence-electron chi connectivity index (χ3n) is 5.85. The van der Waals surface area contributed by atoms with E-state index in [1.807, 2.05) is 48.5 Å². The first kappa shape index (κ1) is 28.4. The van der Waals surface area contributed by atoms with Crippen LogP contribution in [0, 0.1) is 0 Å². The average molecular weight is 567 g/mol. The number of nitrogens with one attached hydrogen (secondary N) is 2. The van der Waals surface area contributed by atoms with Crippen molar-refractivity contribution < 1.29 is 19.8 Å². The van der Waals surface area contributed by atoms with Crippen molar-refractivity contribution >= 4 is 44.8 Å². The third-order valence-corrected chi connectivity index (χ3v) is 7.65. The lowest BCUT2D eigenvalue weighted by molar-refractivity contribution is -0.118. The predicted molar refractivity (Wildman–Crippen MR) is 150 cm³/mol. The Balaban J connectivity index is 1.12. The minimum atomic E-state index is -0.875. The highest BCUT2D eigenvalue weighted by Crippen LogP contribution is 2.23. The van der Waals surface area contributed by atoms with Crippen LogP contribution in [0.2, 0.25) is 0 Å². The number of anilines is 2. The van der Waals surface area contributed by atoms with Gasteiger partial charge in [-0.25, -0.2) is 0 Å². The molecule has 0 saturated carbocycles. The van der Waals surface area contributed by atoms with Gasteiger partial charge in [0.25, 0.3) is 0 Å². The van der Waals surface area contributed by atoms with Gasteiger partial charge < -0.3 is 20.8 Å². The zero-order valence-corrected chi connectivity index (χ0v) is 22.8. The van der Waals surface area contributed by atoms with Gasteiger partial charge in [0.15, 0.2) is 0 Å². The highest BCUT2D eigenvalue weighted by atomic mass is 32.1. The van der Waals surface area contributed by atoms with E-state index in [0.717, 1.165) is 34.8 Å². The van der Waals surface area contributed by atoms with Crippen molar-refractivity contribution in [3.8, 4) is 0 Å². The molecule has 39 heavy (non-hydrogen) atoms. The highest BCUT2D eigenvalue weighted by Gasteiger charge is 2.15. The van der Waals surface area contributed by atoms with Crippen molar-refractivity contribution in [1.82, 2.24) is 20.4 Å². The minimum absolute atomic E-state index is 0.0567. The van der Waals surface area contributed by atoms with Crippen molar-refractivity contribution in [2.24, 2.45) is 0 Å². The fourth-order valence-corrected chi connectivity index (χ4v) is 5.39. The summed E-state index contributed by atoms with van der Waals surface area (Å²) in [5.41, 5.74) is 1.48. The molecule has 4 aromatic rings. The van der Waals surface area contributed by atoms with Crippen LogP contribution < -0.4 is 10.6 Å². The molecule has 2 aromatic carbocycles. The molecule has 0 unspecified atom stereocenters. The van der Waals surface area contributed by atoms with Crippen molar-refractivity contribution in [3.63, 3.8) is 0 Å². The maximum Gasteiger partial charge on any atom is 0.229 e. The lowest BCUT2D eigenvalue weighted by atomic mass is 10.1. The van der Waals surface area contributed by atoms with Crippen molar-refractivity contribution in [3.05, 3.63) is 81.8 Å². The maximum atomic E-state index is 12.2. The average Bonchev–Trinajstić information content (AvgIpc) is 3.59. The van der Waals surface area contributed by atoms with E-state index in [-0.39, 0.29) is 24.7 Å². The Morgan fingerprint density at radius 3 is 1.72 bits per heavy atom. The molecule has 4 N–H and O–H groups in total. The molecule has 0 spiro atoms. The molecule has 2 heterocycles. The number of aryl methyl sites for hydroxylation is 2. The zero-order valence-electron chi connectivity index (χ0n) is 21.2. The van der Waals surface area contributed by atoms with Crippen molar-refractivity contribution in [2.45, 2.75) is 57.2 Å². The number of carbonyl (C=O) groups is 2. The van der Waals surface area contributed by atoms with Gasteiger partial charge in [0, 0.05) is 19.3 Å². The number of benzene rings is 2. The monoisotopic (exact) mass is 566 g/mol. The summed E-state index contributed by atoms with van der Waals surface area (Å²) in [4.78, 5) is 24.5. The van der Waals surface area contributed by atoms with Gasteiger partial charge in [-0.15, -0.1) is 20.4 Å². The summed E-state index contributed by atoms with van der Waals surface area (Å²) in [7, 11) is 0. The molecule has 204 valence electrons. The lowest BCUT2D eigenvalue weighted by Crippen LogP contribution is -2.15. The number of nitrogens with zero attached hydrogens (tertiary/aromatic N) is 4. The van der Waals surface area contributed by atoms with E-state index in [9.17, 15) is 19.8 Å². The van der Waals surface area contributed by atoms with Crippen LogP contribution in [0.25, 0.3) is 0 Å². The highest BCUT2D eigenvalue weighted by molar-refractivity contribution is 7.15. The van der Waals surface area contributed by atoms with E-state index in [1.54, 1.807) is 12.1 Å². The number of amides is 2. The van der Waals surface area contributed by atoms with Gasteiger partial charge in [0.2, 0.25) is 22.1 Å². The lowest BCUT2D eigenvalue weighted by Gasteiger charge is -2.10. The van der Waals surface area contributed by atoms with E-state index in [0.29, 0.717) is 28.7 Å². The molecule has 2 aromatic heterocycles. The Hall–Kier alpha value is -3.58. The first-order valence-electron chi connectivity index (χ1n) is 12.7. The second-order valence-corrected chi connectivity index (χ2v) is 11.0. The fraction of sp³-hybridized carbons (Fsp3) is 0.333. The summed E-state index contributed by atoms with van der Waals surface area (Å²) < 4.78 is 0. The Kier molecular flexibility index (Phi) is 10.6. The molecular weight excluding hydrogens is 536 g/mol. The summed E-state index contributed by atoms with van der Waals surface area (Å²) in [5, 5.41) is 44.7. The van der Waals surface area contributed by atoms with Crippen LogP contribution in [0.1, 0.15) is 65.5 Å². The Bertz CT molecular complexity index is 1330. The number of aliphatic hydroxyl groups is 2. The van der Waals surface area contributed by atoms with E-state index in [2.05, 4.69) is 31.0 Å². The molecule has 0 radical (unpaired) electrons. The maximum absolute atomic E-state index is 12.2. The van der Waals surface area contributed by atoms with Gasteiger partial charge in [-0.2, -0.15) is 0 Å². The molecule has 4 rings (SSSR count). The van der Waals surface area contributed by atoms with Crippen LogP contribution in [0.4, 0.5) is 10.3 Å². The molecule has 0 bridgehead atoms. The topological polar surface area (TPSA) is 150 Å². The molecule has 0 aliphatic rings. The number of rotatable bonds is 14. The first-order chi connectivity index (χ1) is 19.0. The normalized spacial score (nSPS) is 12.6. The molecular formula is C27H30N6O4S2. The van der Waals surface area contributed by atoms with E-state index in [1.165, 1.54) is 22.7 Å². The molecule has 0 aliphatic carbocycles. The second kappa shape index (κ2) is 14.5. The van der Waals surface area contributed by atoms with Crippen LogP contribution in [-0.2, 0) is 22.4 Å². The molecule has 12 heteroatoms. The summed E-state index contributed by atoms with van der Waals surface area (Å²) in [6.07, 6.45) is 2.04. The van der Waals surface area contributed by atoms with Crippen LogP contribution >= 0.6 is 22.7 Å². The van der Waals surface area contributed by atoms with Crippen LogP contribution in [-0.4, -0.2) is 42.4 Å². The van der Waals surface area contributed by atoms with Gasteiger partial charge in [-0.05, 0) is 30.4 Å². The minimum Gasteiger partial charge on any atom is -0.388 e. The van der Waals surface area contributed by atoms with Gasteiger partial charge in [-0.1, -0.05) is 83.3 Å². The summed E-state index contributed by atoms with van der Waals surface area (Å²) >= 11 is 2.66. The van der Waals surface area contributed by atoms with Gasteiger partial charge >= 0.3 is 0 Å². The molecule has 0 saturated heterocycles. The zero-order chi connectivity index (χ0) is 27.5. The summed E-state index contributed by atoms with van der Waals surface area (Å²) in [5.74, 6) is -0.526. The van der Waals surface area contributed by atoms with Crippen LogP contribution in [0.5, 0.6) is 0 Å². The predicted octanol–water partition coefficient (Wildman–Crippen LogP) is 4.47. The standard InChI is InChI=1S/C27H30N6O4S2/c34-20(18-9-3-1-4-10-18)15-16-22(36)28-26-32-30-24(38-26)13-7-8-14-25-31-33-27(39-25)29-23(37)17-21(35)19-11-5-2-6-12-19/h1-6,9-12,20-21,34-35H,7-8,13-17H2,(H,28,32,36)(H,29,33,37)/t20-,21-/m1/s1. The van der Waals surface area contributed by atoms with E-state index in [4.69, 9.17) is 0 Å². The van der Waals surface area contributed by atoms with E-state index >= 15 is 0 Å². The number of hydrogen-bond acceptors (Lipinski definition) is 10. The van der Waals surface area contributed by atoms with Gasteiger partial charge in [-0.3, -0.25) is 9.59 Å². The molecule has 2 atom stereocenters. The van der Waals surface area contributed by atoms with E-state index < -0.39 is 12.2 Å².